The summed E-state index contributed by atoms with van der Waals surface area (Å²) in [5, 5.41) is 5.80. The van der Waals surface area contributed by atoms with Crippen molar-refractivity contribution in [1.82, 2.24) is 15.7 Å². The Balaban J connectivity index is 1.12. The topological polar surface area (TPSA) is 140 Å². The van der Waals surface area contributed by atoms with Gasteiger partial charge in [0.2, 0.25) is 5.91 Å². The van der Waals surface area contributed by atoms with Crippen LogP contribution in [0.4, 0.5) is 4.79 Å². The number of carbonyl (C=O) groups is 5. The molecule has 4 amide bonds. The lowest BCUT2D eigenvalue weighted by atomic mass is 9.98. The second kappa shape index (κ2) is 16.0. The molecule has 242 valence electrons. The van der Waals surface area contributed by atoms with Crippen LogP contribution < -0.4 is 10.6 Å². The Labute approximate surface area is 268 Å². The molecule has 5 rings (SSSR count). The molecule has 0 spiro atoms. The average Bonchev–Trinajstić information content (AvgIpc) is 3.54. The van der Waals surface area contributed by atoms with Crippen LogP contribution in [-0.2, 0) is 33.5 Å². The Morgan fingerprint density at radius 2 is 1.61 bits per heavy atom. The fourth-order valence-corrected chi connectivity index (χ4v) is 5.87. The van der Waals surface area contributed by atoms with Crippen LogP contribution in [-0.4, -0.2) is 66.8 Å². The number of fused-ring (bicyclic) bond motifs is 3. The van der Waals surface area contributed by atoms with Crippen LogP contribution in [0.1, 0.15) is 81.3 Å². The first-order valence-corrected chi connectivity index (χ1v) is 16.0. The van der Waals surface area contributed by atoms with Crippen molar-refractivity contribution >= 4 is 29.8 Å². The predicted octanol–water partition coefficient (Wildman–Crippen LogP) is 4.14. The van der Waals surface area contributed by atoms with Gasteiger partial charge in [-0.15, -0.1) is 11.0 Å². The molecule has 2 N–H and O–H groups in total. The highest BCUT2D eigenvalue weighted by Crippen LogP contribution is 2.44. The Kier molecular flexibility index (Phi) is 11.4. The molecule has 1 heterocycles. The minimum Gasteiger partial charge on any atom is -0.449 e. The van der Waals surface area contributed by atoms with E-state index in [1.54, 1.807) is 0 Å². The fraction of sp³-hybridized carbons (Fsp3) is 0.457. The third-order valence-corrected chi connectivity index (χ3v) is 8.30. The zero-order chi connectivity index (χ0) is 32.3. The quantitative estimate of drug-likeness (QED) is 0.191. The lowest BCUT2D eigenvalue weighted by Crippen LogP contribution is -2.45. The Morgan fingerprint density at radius 1 is 0.913 bits per heavy atom. The molecule has 0 radical (unpaired) electrons. The molecule has 0 saturated carbocycles. The van der Waals surface area contributed by atoms with E-state index in [-0.39, 0.29) is 50.4 Å². The van der Waals surface area contributed by atoms with Gasteiger partial charge in [-0.3, -0.25) is 14.4 Å². The highest BCUT2D eigenvalue weighted by molar-refractivity contribution is 6.01. The standard InChI is InChI=1S/C35H39N3O8/c39-31(23-44-24-12-4-2-1-3-5-13-24)36-21-11-10-18-30(34(42)46-38-32(40)19-20-33(38)41)37-35(43)45-22-29-27-16-8-6-14-25(27)26-15-7-9-17-28(26)29/h6-9,14-17,24,29-30H,1-4,10-12,18-23H2,(H,36,39)(H,37,43)/t24?,30-/m1/s1. The van der Waals surface area contributed by atoms with E-state index in [9.17, 15) is 24.0 Å². The minimum atomic E-state index is -1.19. The van der Waals surface area contributed by atoms with Crippen molar-refractivity contribution in [3.63, 3.8) is 0 Å². The van der Waals surface area contributed by atoms with E-state index in [1.165, 1.54) is 0 Å². The monoisotopic (exact) mass is 629 g/mol. The van der Waals surface area contributed by atoms with Crippen LogP contribution in [0.25, 0.3) is 11.1 Å². The smallest absolute Gasteiger partial charge is 0.407 e. The van der Waals surface area contributed by atoms with E-state index in [0.29, 0.717) is 24.4 Å². The first kappa shape index (κ1) is 32.7. The van der Waals surface area contributed by atoms with Gasteiger partial charge in [0.15, 0.2) is 0 Å². The third kappa shape index (κ3) is 8.52. The summed E-state index contributed by atoms with van der Waals surface area (Å²) in [6, 6.07) is 14.7. The van der Waals surface area contributed by atoms with E-state index < -0.39 is 29.9 Å². The van der Waals surface area contributed by atoms with Gasteiger partial charge in [-0.25, -0.2) is 9.59 Å². The van der Waals surface area contributed by atoms with Crippen LogP contribution in [0.5, 0.6) is 0 Å². The van der Waals surface area contributed by atoms with Gasteiger partial charge in [0.05, 0.1) is 0 Å². The molecular weight excluding hydrogens is 590 g/mol. The second-order valence-electron chi connectivity index (χ2n) is 11.6. The maximum Gasteiger partial charge on any atom is 0.407 e. The van der Waals surface area contributed by atoms with E-state index in [0.717, 1.165) is 54.4 Å². The van der Waals surface area contributed by atoms with Crippen LogP contribution in [0.15, 0.2) is 48.5 Å². The van der Waals surface area contributed by atoms with Gasteiger partial charge in [0.1, 0.15) is 25.4 Å². The third-order valence-electron chi connectivity index (χ3n) is 8.30. The molecule has 2 aromatic carbocycles. The van der Waals surface area contributed by atoms with Gasteiger partial charge in [-0.1, -0.05) is 60.9 Å². The van der Waals surface area contributed by atoms with Crippen LogP contribution in [0.2, 0.25) is 0 Å². The van der Waals surface area contributed by atoms with Gasteiger partial charge in [-0.2, -0.15) is 0 Å². The molecule has 3 aliphatic rings. The zero-order valence-corrected chi connectivity index (χ0v) is 25.8. The number of benzene rings is 2. The predicted molar refractivity (Wildman–Crippen MR) is 167 cm³/mol. The SMILES string of the molecule is O=C(COC1C#CCCCCC1)NCCCC[C@@H](NC(=O)OCC1c2ccccc2-c2ccccc21)C(=O)ON1C(=O)CCC1=O. The molecule has 2 aliphatic carbocycles. The van der Waals surface area contributed by atoms with Gasteiger partial charge in [0, 0.05) is 31.7 Å². The summed E-state index contributed by atoms with van der Waals surface area (Å²) < 4.78 is 11.3. The summed E-state index contributed by atoms with van der Waals surface area (Å²) in [6.07, 6.45) is 4.75. The van der Waals surface area contributed by atoms with E-state index in [1.807, 2.05) is 48.5 Å². The van der Waals surface area contributed by atoms with Crippen molar-refractivity contribution in [2.45, 2.75) is 82.3 Å². The molecular formula is C35H39N3O8. The molecule has 1 fully saturated rings. The number of hydrogen-bond acceptors (Lipinski definition) is 8. The van der Waals surface area contributed by atoms with Crippen LogP contribution in [0, 0.1) is 11.8 Å². The Bertz CT molecular complexity index is 1450. The second-order valence-corrected chi connectivity index (χ2v) is 11.6. The normalized spacial score (nSPS) is 17.9. The number of carbonyl (C=O) groups excluding carboxylic acids is 5. The summed E-state index contributed by atoms with van der Waals surface area (Å²) in [4.78, 5) is 67.4. The number of alkyl carbamates (subject to hydrolysis) is 1. The van der Waals surface area contributed by atoms with Gasteiger partial charge >= 0.3 is 12.1 Å². The Hall–Kier alpha value is -4.69. The number of amides is 4. The molecule has 46 heavy (non-hydrogen) atoms. The molecule has 11 heteroatoms. The molecule has 1 saturated heterocycles. The molecule has 11 nitrogen and oxygen atoms in total. The van der Waals surface area contributed by atoms with Gasteiger partial charge in [0.25, 0.3) is 11.8 Å². The molecule has 0 aromatic heterocycles. The summed E-state index contributed by atoms with van der Waals surface area (Å²) in [7, 11) is 0. The lowest BCUT2D eigenvalue weighted by molar-refractivity contribution is -0.199. The van der Waals surface area contributed by atoms with Crippen molar-refractivity contribution in [3.05, 3.63) is 59.7 Å². The van der Waals surface area contributed by atoms with E-state index in [2.05, 4.69) is 22.5 Å². The molecule has 1 aliphatic heterocycles. The number of hydroxylamine groups is 2. The number of imide groups is 1. The number of rotatable bonds is 13. The zero-order valence-electron chi connectivity index (χ0n) is 25.8. The first-order valence-electron chi connectivity index (χ1n) is 16.0. The number of ether oxygens (including phenoxy) is 2. The highest BCUT2D eigenvalue weighted by atomic mass is 16.7. The van der Waals surface area contributed by atoms with Crippen molar-refractivity contribution < 1.29 is 38.3 Å². The van der Waals surface area contributed by atoms with Crippen LogP contribution >= 0.6 is 0 Å². The lowest BCUT2D eigenvalue weighted by Gasteiger charge is -2.21. The van der Waals surface area contributed by atoms with Crippen molar-refractivity contribution in [2.75, 3.05) is 19.8 Å². The minimum absolute atomic E-state index is 0.0469. The van der Waals surface area contributed by atoms with Crippen molar-refractivity contribution in [2.24, 2.45) is 0 Å². The number of nitrogens with one attached hydrogen (secondary N) is 2. The van der Waals surface area contributed by atoms with Crippen molar-refractivity contribution in [1.29, 1.82) is 0 Å². The van der Waals surface area contributed by atoms with Crippen LogP contribution in [0.3, 0.4) is 0 Å². The highest BCUT2D eigenvalue weighted by Gasteiger charge is 2.36. The number of unbranched alkanes of at least 4 members (excludes halogenated alkanes) is 1. The number of hydrogen-bond donors (Lipinski definition) is 2. The van der Waals surface area contributed by atoms with Gasteiger partial charge in [-0.05, 0) is 60.8 Å². The number of nitrogens with zero attached hydrogens (tertiary/aromatic N) is 1. The van der Waals surface area contributed by atoms with Gasteiger partial charge < -0.3 is 24.9 Å². The average molecular weight is 630 g/mol. The molecule has 0 bridgehead atoms. The summed E-state index contributed by atoms with van der Waals surface area (Å²) in [5.74, 6) is 3.54. The molecule has 2 atom stereocenters. The first-order chi connectivity index (χ1) is 22.4. The Morgan fingerprint density at radius 3 is 2.33 bits per heavy atom. The largest absolute Gasteiger partial charge is 0.449 e. The summed E-state index contributed by atoms with van der Waals surface area (Å²) in [6.45, 7) is 0.287. The van der Waals surface area contributed by atoms with E-state index >= 15 is 0 Å². The van der Waals surface area contributed by atoms with Crippen molar-refractivity contribution in [3.8, 4) is 23.0 Å². The molecule has 1 unspecified atom stereocenters. The fourth-order valence-electron chi connectivity index (χ4n) is 5.87. The maximum atomic E-state index is 13.0. The summed E-state index contributed by atoms with van der Waals surface area (Å²) >= 11 is 0. The van der Waals surface area contributed by atoms with E-state index in [4.69, 9.17) is 14.3 Å². The summed E-state index contributed by atoms with van der Waals surface area (Å²) in [5.41, 5.74) is 4.26. The molecule has 2 aromatic rings. The maximum absolute atomic E-state index is 13.0.